The van der Waals surface area contributed by atoms with Gasteiger partial charge in [-0.2, -0.15) is 0 Å². The maximum Gasteiger partial charge on any atom is 0.249 e. The third-order valence-corrected chi connectivity index (χ3v) is 2.37. The summed E-state index contributed by atoms with van der Waals surface area (Å²) >= 11 is 3.28. The molecule has 0 aromatic rings. The van der Waals surface area contributed by atoms with Crippen LogP contribution in [0.25, 0.3) is 0 Å². The SMILES string of the molecule is CC1(Br)C=CC=CC1[N+](=O)[O-]. The monoisotopic (exact) mass is 217 g/mol. The maximum atomic E-state index is 10.5. The number of hydrogen-bond acceptors (Lipinski definition) is 2. The van der Waals surface area contributed by atoms with Crippen molar-refractivity contribution in [2.75, 3.05) is 0 Å². The number of rotatable bonds is 1. The molecule has 0 bridgehead atoms. The zero-order valence-corrected chi connectivity index (χ0v) is 7.61. The molecule has 60 valence electrons. The summed E-state index contributed by atoms with van der Waals surface area (Å²) in [5.74, 6) is 0. The Hall–Kier alpha value is -0.640. The fourth-order valence-electron chi connectivity index (χ4n) is 0.976. The molecule has 0 aromatic carbocycles. The lowest BCUT2D eigenvalue weighted by Gasteiger charge is -2.21. The zero-order valence-electron chi connectivity index (χ0n) is 6.03. The van der Waals surface area contributed by atoms with Crippen molar-refractivity contribution in [3.8, 4) is 0 Å². The summed E-state index contributed by atoms with van der Waals surface area (Å²) in [6.07, 6.45) is 6.85. The molecule has 0 aromatic heterocycles. The summed E-state index contributed by atoms with van der Waals surface area (Å²) in [4.78, 5) is 10.2. The molecule has 4 heteroatoms. The molecular formula is C7H8BrNO2. The number of alkyl halides is 1. The van der Waals surface area contributed by atoms with Crippen molar-refractivity contribution in [1.29, 1.82) is 0 Å². The molecule has 11 heavy (non-hydrogen) atoms. The van der Waals surface area contributed by atoms with Gasteiger partial charge in [-0.15, -0.1) is 0 Å². The second-order valence-electron chi connectivity index (χ2n) is 2.63. The standard InChI is InChI=1S/C7H8BrNO2/c1-7(8)5-3-2-4-6(7)9(10)11/h2-6H,1H3. The van der Waals surface area contributed by atoms with Crippen LogP contribution in [0, 0.1) is 10.1 Å². The molecule has 3 nitrogen and oxygen atoms in total. The van der Waals surface area contributed by atoms with Crippen LogP contribution in [-0.2, 0) is 0 Å². The second kappa shape index (κ2) is 2.77. The lowest BCUT2D eigenvalue weighted by molar-refractivity contribution is -0.512. The third kappa shape index (κ3) is 1.68. The molecule has 1 aliphatic carbocycles. The molecule has 0 fully saturated rings. The Morgan fingerprint density at radius 1 is 1.64 bits per heavy atom. The largest absolute Gasteiger partial charge is 0.264 e. The van der Waals surface area contributed by atoms with Crippen molar-refractivity contribution in [2.45, 2.75) is 17.3 Å². The summed E-state index contributed by atoms with van der Waals surface area (Å²) in [5.41, 5.74) is 0. The molecule has 2 unspecified atom stereocenters. The van der Waals surface area contributed by atoms with E-state index in [-0.39, 0.29) is 4.92 Å². The normalized spacial score (nSPS) is 35.6. The quantitative estimate of drug-likeness (QED) is 0.383. The maximum absolute atomic E-state index is 10.5. The minimum atomic E-state index is -0.660. The summed E-state index contributed by atoms with van der Waals surface area (Å²) in [7, 11) is 0. The van der Waals surface area contributed by atoms with Crippen molar-refractivity contribution in [1.82, 2.24) is 0 Å². The number of hydrogen-bond donors (Lipinski definition) is 0. The number of nitrogens with zero attached hydrogens (tertiary/aromatic N) is 1. The van der Waals surface area contributed by atoms with Gasteiger partial charge in [0.05, 0.1) is 0 Å². The Morgan fingerprint density at radius 2 is 2.27 bits per heavy atom. The van der Waals surface area contributed by atoms with Crippen molar-refractivity contribution in [3.63, 3.8) is 0 Å². The van der Waals surface area contributed by atoms with E-state index in [0.717, 1.165) is 0 Å². The Kier molecular flexibility index (Phi) is 2.13. The van der Waals surface area contributed by atoms with Crippen LogP contribution in [0.5, 0.6) is 0 Å². The molecule has 0 aliphatic heterocycles. The smallest absolute Gasteiger partial charge is 0.249 e. The van der Waals surface area contributed by atoms with Gasteiger partial charge in [-0.25, -0.2) is 0 Å². The van der Waals surface area contributed by atoms with Gasteiger partial charge in [-0.3, -0.25) is 10.1 Å². The van der Waals surface area contributed by atoms with E-state index in [9.17, 15) is 10.1 Å². The van der Waals surface area contributed by atoms with E-state index in [1.807, 2.05) is 0 Å². The van der Waals surface area contributed by atoms with Gasteiger partial charge in [0.2, 0.25) is 6.04 Å². The molecule has 2 atom stereocenters. The minimum Gasteiger partial charge on any atom is -0.264 e. The topological polar surface area (TPSA) is 43.1 Å². The summed E-state index contributed by atoms with van der Waals surface area (Å²) in [5, 5.41) is 10.5. The van der Waals surface area contributed by atoms with Gasteiger partial charge in [0.1, 0.15) is 4.32 Å². The highest BCUT2D eigenvalue weighted by atomic mass is 79.9. The summed E-state index contributed by atoms with van der Waals surface area (Å²) in [6.45, 7) is 1.78. The van der Waals surface area contributed by atoms with E-state index in [2.05, 4.69) is 15.9 Å². The third-order valence-electron chi connectivity index (χ3n) is 1.63. The van der Waals surface area contributed by atoms with Gasteiger partial charge in [0.25, 0.3) is 0 Å². The minimum absolute atomic E-state index is 0.297. The van der Waals surface area contributed by atoms with E-state index < -0.39 is 10.4 Å². The Balaban J connectivity index is 2.89. The van der Waals surface area contributed by atoms with Crippen LogP contribution >= 0.6 is 15.9 Å². The van der Waals surface area contributed by atoms with E-state index >= 15 is 0 Å². The average molecular weight is 218 g/mol. The lowest BCUT2D eigenvalue weighted by Crippen LogP contribution is -2.37. The molecule has 0 heterocycles. The molecule has 1 rings (SSSR count). The highest BCUT2D eigenvalue weighted by molar-refractivity contribution is 9.10. The van der Waals surface area contributed by atoms with Crippen molar-refractivity contribution < 1.29 is 4.92 Å². The Labute approximate surface area is 73.1 Å². The Bertz CT molecular complexity index is 233. The first-order chi connectivity index (χ1) is 5.04. The van der Waals surface area contributed by atoms with E-state index in [0.29, 0.717) is 0 Å². The lowest BCUT2D eigenvalue weighted by atomic mass is 9.98. The van der Waals surface area contributed by atoms with Crippen molar-refractivity contribution in [3.05, 3.63) is 34.4 Å². The van der Waals surface area contributed by atoms with Gasteiger partial charge in [-0.05, 0) is 13.0 Å². The number of halogens is 1. The van der Waals surface area contributed by atoms with Gasteiger partial charge in [-0.1, -0.05) is 34.2 Å². The number of allylic oxidation sites excluding steroid dienone is 2. The van der Waals surface area contributed by atoms with Gasteiger partial charge < -0.3 is 0 Å². The van der Waals surface area contributed by atoms with Crippen LogP contribution in [0.2, 0.25) is 0 Å². The first-order valence-electron chi connectivity index (χ1n) is 3.22. The highest BCUT2D eigenvalue weighted by Gasteiger charge is 2.37. The van der Waals surface area contributed by atoms with Gasteiger partial charge in [0.15, 0.2) is 0 Å². The molecule has 0 N–H and O–H groups in total. The van der Waals surface area contributed by atoms with Crippen LogP contribution in [0.1, 0.15) is 6.92 Å². The molecule has 0 radical (unpaired) electrons. The average Bonchev–Trinajstić information content (AvgIpc) is 1.85. The van der Waals surface area contributed by atoms with Crippen LogP contribution in [-0.4, -0.2) is 15.3 Å². The van der Waals surface area contributed by atoms with Gasteiger partial charge in [0, 0.05) is 4.92 Å². The van der Waals surface area contributed by atoms with Crippen molar-refractivity contribution in [2.24, 2.45) is 0 Å². The molecule has 0 amide bonds. The van der Waals surface area contributed by atoms with Crippen molar-refractivity contribution >= 4 is 15.9 Å². The predicted molar refractivity (Wildman–Crippen MR) is 46.4 cm³/mol. The fraction of sp³-hybridized carbons (Fsp3) is 0.429. The highest BCUT2D eigenvalue weighted by Crippen LogP contribution is 2.28. The molecule has 0 saturated heterocycles. The second-order valence-corrected chi connectivity index (χ2v) is 4.33. The fourth-order valence-corrected chi connectivity index (χ4v) is 1.45. The van der Waals surface area contributed by atoms with Crippen LogP contribution in [0.15, 0.2) is 24.3 Å². The first kappa shape index (κ1) is 8.46. The number of nitro groups is 1. The molecule has 0 saturated carbocycles. The van der Waals surface area contributed by atoms with E-state index in [4.69, 9.17) is 0 Å². The molecule has 1 aliphatic rings. The zero-order chi connectivity index (χ0) is 8.48. The van der Waals surface area contributed by atoms with Crippen LogP contribution in [0.3, 0.4) is 0 Å². The Morgan fingerprint density at radius 3 is 2.64 bits per heavy atom. The van der Waals surface area contributed by atoms with E-state index in [1.165, 1.54) is 0 Å². The van der Waals surface area contributed by atoms with E-state index in [1.54, 1.807) is 31.2 Å². The van der Waals surface area contributed by atoms with Crippen LogP contribution in [0.4, 0.5) is 0 Å². The molecule has 0 spiro atoms. The van der Waals surface area contributed by atoms with Gasteiger partial charge >= 0.3 is 0 Å². The molecular weight excluding hydrogens is 210 g/mol. The van der Waals surface area contributed by atoms with Crippen LogP contribution < -0.4 is 0 Å². The summed E-state index contributed by atoms with van der Waals surface area (Å²) < 4.78 is -0.536. The first-order valence-corrected chi connectivity index (χ1v) is 4.02. The summed E-state index contributed by atoms with van der Waals surface area (Å²) in [6, 6.07) is -0.660. The predicted octanol–water partition coefficient (Wildman–Crippen LogP) is 1.91.